The van der Waals surface area contributed by atoms with Crippen LogP contribution in [0.3, 0.4) is 0 Å². The molecule has 2 nitrogen and oxygen atoms in total. The number of benzene rings is 2. The number of anilines is 1. The topological polar surface area (TPSA) is 24.4 Å². The largest absolute Gasteiger partial charge is 0.276 e. The third kappa shape index (κ3) is 3.05. The van der Waals surface area contributed by atoms with E-state index in [2.05, 4.69) is 10.5 Å². The Labute approximate surface area is 108 Å². The first-order chi connectivity index (χ1) is 8.66. The fourth-order valence-electron chi connectivity index (χ4n) is 1.33. The molecular weight excluding hydrogens is 258 g/mol. The zero-order chi connectivity index (χ0) is 13.0. The van der Waals surface area contributed by atoms with Gasteiger partial charge in [0, 0.05) is 16.7 Å². The lowest BCUT2D eigenvalue weighted by Crippen LogP contribution is -1.94. The fourth-order valence-corrected chi connectivity index (χ4v) is 1.52. The van der Waals surface area contributed by atoms with Gasteiger partial charge in [-0.05, 0) is 18.2 Å². The molecule has 2 aromatic rings. The highest BCUT2D eigenvalue weighted by molar-refractivity contribution is 6.33. The molecule has 0 saturated carbocycles. The van der Waals surface area contributed by atoms with Gasteiger partial charge in [-0.2, -0.15) is 5.10 Å². The van der Waals surface area contributed by atoms with Gasteiger partial charge in [-0.15, -0.1) is 0 Å². The summed E-state index contributed by atoms with van der Waals surface area (Å²) in [5, 5.41) is 4.39. The molecular formula is C13H9ClF2N2. The third-order valence-electron chi connectivity index (χ3n) is 2.22. The Morgan fingerprint density at radius 2 is 1.89 bits per heavy atom. The standard InChI is InChI=1S/C13H9ClF2N2/c14-11-4-2-1-3-9(11)8-17-18-13-6-5-10(15)7-12(13)16/h1-8,18H. The minimum absolute atomic E-state index is 0.0969. The van der Waals surface area contributed by atoms with Gasteiger partial charge in [0.25, 0.3) is 0 Å². The molecule has 0 amide bonds. The lowest BCUT2D eigenvalue weighted by molar-refractivity contribution is 0.585. The summed E-state index contributed by atoms with van der Waals surface area (Å²) in [4.78, 5) is 0. The van der Waals surface area contributed by atoms with Gasteiger partial charge in [0.15, 0.2) is 5.82 Å². The Kier molecular flexibility index (Phi) is 3.89. The Morgan fingerprint density at radius 3 is 2.61 bits per heavy atom. The van der Waals surface area contributed by atoms with Gasteiger partial charge in [-0.25, -0.2) is 8.78 Å². The van der Waals surface area contributed by atoms with Gasteiger partial charge in [-0.3, -0.25) is 5.43 Å². The van der Waals surface area contributed by atoms with Gasteiger partial charge in [0.2, 0.25) is 0 Å². The molecule has 0 aliphatic heterocycles. The van der Waals surface area contributed by atoms with Crippen molar-refractivity contribution in [1.82, 2.24) is 0 Å². The second-order valence-corrected chi connectivity index (χ2v) is 3.92. The number of nitrogens with one attached hydrogen (secondary N) is 1. The van der Waals surface area contributed by atoms with E-state index in [1.165, 1.54) is 12.3 Å². The summed E-state index contributed by atoms with van der Waals surface area (Å²) in [6, 6.07) is 10.3. The summed E-state index contributed by atoms with van der Waals surface area (Å²) < 4.78 is 25.9. The third-order valence-corrected chi connectivity index (χ3v) is 2.57. The molecule has 0 aliphatic rings. The summed E-state index contributed by atoms with van der Waals surface area (Å²) in [6.45, 7) is 0. The highest BCUT2D eigenvalue weighted by Crippen LogP contribution is 2.15. The predicted molar refractivity (Wildman–Crippen MR) is 69.0 cm³/mol. The van der Waals surface area contributed by atoms with E-state index in [9.17, 15) is 8.78 Å². The lowest BCUT2D eigenvalue weighted by Gasteiger charge is -2.02. The van der Waals surface area contributed by atoms with Gasteiger partial charge in [-0.1, -0.05) is 29.8 Å². The molecule has 0 fully saturated rings. The quantitative estimate of drug-likeness (QED) is 0.657. The van der Waals surface area contributed by atoms with E-state index in [0.717, 1.165) is 12.1 Å². The van der Waals surface area contributed by atoms with E-state index < -0.39 is 11.6 Å². The van der Waals surface area contributed by atoms with Gasteiger partial charge in [0.05, 0.1) is 11.9 Å². The second-order valence-electron chi connectivity index (χ2n) is 3.52. The van der Waals surface area contributed by atoms with Gasteiger partial charge < -0.3 is 0 Å². The maximum Gasteiger partial charge on any atom is 0.151 e. The average Bonchev–Trinajstić information content (AvgIpc) is 2.34. The number of halogens is 3. The minimum atomic E-state index is -0.702. The zero-order valence-electron chi connectivity index (χ0n) is 9.20. The van der Waals surface area contributed by atoms with Crippen LogP contribution in [-0.4, -0.2) is 6.21 Å². The van der Waals surface area contributed by atoms with Crippen molar-refractivity contribution in [3.63, 3.8) is 0 Å². The number of hydrogen-bond donors (Lipinski definition) is 1. The van der Waals surface area contributed by atoms with Crippen LogP contribution in [0.2, 0.25) is 5.02 Å². The van der Waals surface area contributed by atoms with E-state index in [-0.39, 0.29) is 5.69 Å². The number of hydrazone groups is 1. The molecule has 0 unspecified atom stereocenters. The van der Waals surface area contributed by atoms with Crippen LogP contribution in [0.5, 0.6) is 0 Å². The molecule has 0 aromatic heterocycles. The summed E-state index contributed by atoms with van der Waals surface area (Å²) >= 11 is 5.92. The molecule has 0 heterocycles. The van der Waals surface area contributed by atoms with E-state index in [1.54, 1.807) is 18.2 Å². The molecule has 0 radical (unpaired) electrons. The van der Waals surface area contributed by atoms with Crippen LogP contribution in [0, 0.1) is 11.6 Å². The van der Waals surface area contributed by atoms with Crippen molar-refractivity contribution >= 4 is 23.5 Å². The van der Waals surface area contributed by atoms with Crippen molar-refractivity contribution in [2.24, 2.45) is 5.10 Å². The normalized spacial score (nSPS) is 10.8. The van der Waals surface area contributed by atoms with E-state index >= 15 is 0 Å². The number of hydrogen-bond acceptors (Lipinski definition) is 2. The second kappa shape index (κ2) is 5.60. The smallest absolute Gasteiger partial charge is 0.151 e. The Balaban J connectivity index is 2.10. The summed E-state index contributed by atoms with van der Waals surface area (Å²) in [5.41, 5.74) is 3.28. The first-order valence-corrected chi connectivity index (χ1v) is 5.53. The van der Waals surface area contributed by atoms with Crippen LogP contribution >= 0.6 is 11.6 Å². The molecule has 2 rings (SSSR count). The van der Waals surface area contributed by atoms with Gasteiger partial charge >= 0.3 is 0 Å². The van der Waals surface area contributed by atoms with Crippen LogP contribution in [-0.2, 0) is 0 Å². The van der Waals surface area contributed by atoms with Crippen molar-refractivity contribution in [3.8, 4) is 0 Å². The highest BCUT2D eigenvalue weighted by Gasteiger charge is 2.01. The van der Waals surface area contributed by atoms with Crippen molar-refractivity contribution in [3.05, 3.63) is 64.7 Å². The van der Waals surface area contributed by atoms with Crippen molar-refractivity contribution in [1.29, 1.82) is 0 Å². The Hall–Kier alpha value is -1.94. The van der Waals surface area contributed by atoms with Crippen LogP contribution in [0.4, 0.5) is 14.5 Å². The Morgan fingerprint density at radius 1 is 1.11 bits per heavy atom. The minimum Gasteiger partial charge on any atom is -0.276 e. The predicted octanol–water partition coefficient (Wildman–Crippen LogP) is 4.06. The van der Waals surface area contributed by atoms with E-state index in [4.69, 9.17) is 11.6 Å². The van der Waals surface area contributed by atoms with E-state index in [1.807, 2.05) is 6.07 Å². The molecule has 92 valence electrons. The molecule has 1 N–H and O–H groups in total. The van der Waals surface area contributed by atoms with Crippen molar-refractivity contribution in [2.75, 3.05) is 5.43 Å². The van der Waals surface area contributed by atoms with Crippen LogP contribution in [0.25, 0.3) is 0 Å². The SMILES string of the molecule is Fc1ccc(NN=Cc2ccccc2Cl)c(F)c1. The molecule has 0 atom stereocenters. The number of rotatable bonds is 3. The molecule has 0 bridgehead atoms. The first kappa shape index (κ1) is 12.5. The maximum absolute atomic E-state index is 13.3. The molecule has 0 aliphatic carbocycles. The molecule has 18 heavy (non-hydrogen) atoms. The van der Waals surface area contributed by atoms with Crippen LogP contribution in [0.15, 0.2) is 47.6 Å². The fraction of sp³-hybridized carbons (Fsp3) is 0. The summed E-state index contributed by atoms with van der Waals surface area (Å²) in [5.74, 6) is -1.33. The van der Waals surface area contributed by atoms with Crippen molar-refractivity contribution in [2.45, 2.75) is 0 Å². The maximum atomic E-state index is 13.3. The van der Waals surface area contributed by atoms with Crippen molar-refractivity contribution < 1.29 is 8.78 Å². The Bertz CT molecular complexity index is 585. The average molecular weight is 267 g/mol. The molecule has 2 aromatic carbocycles. The molecule has 5 heteroatoms. The highest BCUT2D eigenvalue weighted by atomic mass is 35.5. The van der Waals surface area contributed by atoms with Crippen LogP contribution in [0.1, 0.15) is 5.56 Å². The van der Waals surface area contributed by atoms with E-state index in [0.29, 0.717) is 10.6 Å². The summed E-state index contributed by atoms with van der Waals surface area (Å²) in [6.07, 6.45) is 1.46. The number of nitrogens with zero attached hydrogens (tertiary/aromatic N) is 1. The molecule has 0 spiro atoms. The monoisotopic (exact) mass is 266 g/mol. The zero-order valence-corrected chi connectivity index (χ0v) is 9.96. The summed E-state index contributed by atoms with van der Waals surface area (Å²) in [7, 11) is 0. The van der Waals surface area contributed by atoms with Gasteiger partial charge in [0.1, 0.15) is 5.82 Å². The lowest BCUT2D eigenvalue weighted by atomic mass is 10.2. The van der Waals surface area contributed by atoms with Crippen LogP contribution < -0.4 is 5.43 Å². The first-order valence-electron chi connectivity index (χ1n) is 5.15. The molecule has 0 saturated heterocycles.